The lowest BCUT2D eigenvalue weighted by Crippen LogP contribution is -2.59. The summed E-state index contributed by atoms with van der Waals surface area (Å²) in [6.45, 7) is 10.2. The molecule has 3 N–H and O–H groups in total. The van der Waals surface area contributed by atoms with Crippen LogP contribution in [-0.4, -0.2) is 50.5 Å². The third-order valence-corrected chi connectivity index (χ3v) is 11.8. The Morgan fingerprint density at radius 3 is 2.48 bits per heavy atom. The Bertz CT molecular complexity index is 1160. The van der Waals surface area contributed by atoms with E-state index in [2.05, 4.69) is 20.8 Å². The molecular formula is C34H48O6. The average molecular weight is 553 g/mol. The van der Waals surface area contributed by atoms with Crippen LogP contribution in [0.25, 0.3) is 0 Å². The van der Waals surface area contributed by atoms with Crippen molar-refractivity contribution in [2.45, 2.75) is 116 Å². The summed E-state index contributed by atoms with van der Waals surface area (Å²) < 4.78 is 5.78. The predicted molar refractivity (Wildman–Crippen MR) is 153 cm³/mol. The van der Waals surface area contributed by atoms with Gasteiger partial charge in [0.05, 0.1) is 23.4 Å². The van der Waals surface area contributed by atoms with E-state index in [1.807, 2.05) is 32.0 Å². The van der Waals surface area contributed by atoms with Gasteiger partial charge in [-0.25, -0.2) is 4.79 Å². The molecule has 0 heterocycles. The van der Waals surface area contributed by atoms with Crippen molar-refractivity contribution in [3.63, 3.8) is 0 Å². The van der Waals surface area contributed by atoms with Gasteiger partial charge in [0, 0.05) is 11.3 Å². The maximum absolute atomic E-state index is 13.4. The van der Waals surface area contributed by atoms with Crippen molar-refractivity contribution in [1.29, 1.82) is 0 Å². The molecule has 0 unspecified atom stereocenters. The highest BCUT2D eigenvalue weighted by molar-refractivity contribution is 5.95. The molecule has 3 saturated carbocycles. The molecule has 1 aromatic rings. The lowest BCUT2D eigenvalue weighted by atomic mass is 9.46. The molecule has 1 aromatic carbocycles. The van der Waals surface area contributed by atoms with Crippen molar-refractivity contribution in [3.05, 3.63) is 47.5 Å². The standard InChI is InChI=1S/C34H48O6/c1-21(28(36)14-15-31(2,3)40-30(38)22-9-7-6-8-10-22)24-13-18-34(39)26-20-29(37)27-19-23(35)11-16-32(27,4)25(26)12-17-33(24,34)5/h6-10,20-21,23-25,27-28,35-36,39H,11-19H2,1-5H3/t21-,23-,24+,25-,27+,28+,32+,33+,34+/m0/s1. The molecule has 0 saturated heterocycles. The highest BCUT2D eigenvalue weighted by atomic mass is 16.6. The summed E-state index contributed by atoms with van der Waals surface area (Å²) in [7, 11) is 0. The Morgan fingerprint density at radius 2 is 1.77 bits per heavy atom. The van der Waals surface area contributed by atoms with Crippen LogP contribution >= 0.6 is 0 Å². The molecule has 220 valence electrons. The maximum atomic E-state index is 13.4. The minimum atomic E-state index is -1.06. The van der Waals surface area contributed by atoms with Crippen molar-refractivity contribution in [3.8, 4) is 0 Å². The topological polar surface area (TPSA) is 104 Å². The zero-order valence-electron chi connectivity index (χ0n) is 24.9. The van der Waals surface area contributed by atoms with Crippen LogP contribution in [0.2, 0.25) is 0 Å². The smallest absolute Gasteiger partial charge is 0.338 e. The van der Waals surface area contributed by atoms with E-state index in [1.165, 1.54) is 0 Å². The van der Waals surface area contributed by atoms with Gasteiger partial charge in [-0.3, -0.25) is 4.79 Å². The van der Waals surface area contributed by atoms with Crippen molar-refractivity contribution < 1.29 is 29.6 Å². The molecule has 6 heteroatoms. The van der Waals surface area contributed by atoms with Crippen LogP contribution in [0.1, 0.15) is 103 Å². The Kier molecular flexibility index (Phi) is 7.63. The molecule has 4 aliphatic carbocycles. The largest absolute Gasteiger partial charge is 0.456 e. The van der Waals surface area contributed by atoms with E-state index in [4.69, 9.17) is 4.74 Å². The van der Waals surface area contributed by atoms with Crippen LogP contribution in [0.3, 0.4) is 0 Å². The summed E-state index contributed by atoms with van der Waals surface area (Å²) in [4.78, 5) is 26.0. The van der Waals surface area contributed by atoms with Gasteiger partial charge in [-0.1, -0.05) is 39.0 Å². The van der Waals surface area contributed by atoms with Crippen LogP contribution in [0, 0.1) is 34.5 Å². The Balaban J connectivity index is 1.28. The third kappa shape index (κ3) is 4.78. The fraction of sp³-hybridized carbons (Fsp3) is 0.706. The second-order valence-corrected chi connectivity index (χ2v) is 14.5. The molecule has 6 nitrogen and oxygen atoms in total. The summed E-state index contributed by atoms with van der Waals surface area (Å²) in [5, 5.41) is 34.0. The van der Waals surface area contributed by atoms with E-state index in [1.54, 1.807) is 18.2 Å². The van der Waals surface area contributed by atoms with Gasteiger partial charge in [-0.15, -0.1) is 0 Å². The zero-order valence-corrected chi connectivity index (χ0v) is 24.9. The lowest BCUT2D eigenvalue weighted by molar-refractivity contribution is -0.142. The van der Waals surface area contributed by atoms with Gasteiger partial charge in [0.25, 0.3) is 0 Å². The Morgan fingerprint density at radius 1 is 1.07 bits per heavy atom. The number of carbonyl (C=O) groups is 2. The number of aliphatic hydroxyl groups excluding tert-OH is 2. The number of aliphatic hydroxyl groups is 3. The lowest BCUT2D eigenvalue weighted by Gasteiger charge is -2.59. The van der Waals surface area contributed by atoms with Crippen LogP contribution < -0.4 is 0 Å². The fourth-order valence-electron chi connectivity index (χ4n) is 9.16. The first-order valence-electron chi connectivity index (χ1n) is 15.3. The highest BCUT2D eigenvalue weighted by Crippen LogP contribution is 2.68. The number of benzene rings is 1. The molecule has 4 aliphatic rings. The normalized spacial score (nSPS) is 38.9. The molecule has 0 amide bonds. The number of rotatable bonds is 7. The van der Waals surface area contributed by atoms with E-state index in [0.717, 1.165) is 31.3 Å². The van der Waals surface area contributed by atoms with Crippen LogP contribution in [-0.2, 0) is 9.53 Å². The van der Waals surface area contributed by atoms with E-state index in [0.29, 0.717) is 37.7 Å². The maximum Gasteiger partial charge on any atom is 0.338 e. The minimum absolute atomic E-state index is 0.0516. The minimum Gasteiger partial charge on any atom is -0.456 e. The van der Waals surface area contributed by atoms with E-state index in [9.17, 15) is 24.9 Å². The van der Waals surface area contributed by atoms with Gasteiger partial charge in [0.1, 0.15) is 5.60 Å². The van der Waals surface area contributed by atoms with Crippen molar-refractivity contribution in [2.75, 3.05) is 0 Å². The number of hydrogen-bond donors (Lipinski definition) is 3. The number of fused-ring (bicyclic) bond motifs is 5. The summed E-state index contributed by atoms with van der Waals surface area (Å²) in [6, 6.07) is 8.95. The fourth-order valence-corrected chi connectivity index (χ4v) is 9.16. The van der Waals surface area contributed by atoms with E-state index < -0.39 is 28.8 Å². The zero-order chi connectivity index (χ0) is 29.1. The second-order valence-electron chi connectivity index (χ2n) is 14.5. The monoisotopic (exact) mass is 552 g/mol. The highest BCUT2D eigenvalue weighted by Gasteiger charge is 2.66. The molecule has 0 bridgehead atoms. The number of ketones is 1. The van der Waals surface area contributed by atoms with E-state index in [-0.39, 0.29) is 40.8 Å². The second kappa shape index (κ2) is 10.4. The Hall–Kier alpha value is -2.02. The number of hydrogen-bond acceptors (Lipinski definition) is 6. The van der Waals surface area contributed by atoms with Gasteiger partial charge < -0.3 is 20.1 Å². The van der Waals surface area contributed by atoms with Gasteiger partial charge >= 0.3 is 5.97 Å². The summed E-state index contributed by atoms with van der Waals surface area (Å²) in [5.41, 5.74) is -0.998. The van der Waals surface area contributed by atoms with Gasteiger partial charge in [-0.05, 0) is 119 Å². The van der Waals surface area contributed by atoms with Crippen molar-refractivity contribution in [2.24, 2.45) is 34.5 Å². The predicted octanol–water partition coefficient (Wildman–Crippen LogP) is 5.63. The molecular weight excluding hydrogens is 504 g/mol. The molecule has 9 atom stereocenters. The summed E-state index contributed by atoms with van der Waals surface area (Å²) in [5.74, 6) is -0.261. The number of ether oxygens (including phenoxy) is 1. The van der Waals surface area contributed by atoms with Gasteiger partial charge in [0.15, 0.2) is 5.78 Å². The summed E-state index contributed by atoms with van der Waals surface area (Å²) >= 11 is 0. The molecule has 0 spiro atoms. The number of carbonyl (C=O) groups excluding carboxylic acids is 2. The molecule has 3 fully saturated rings. The average Bonchev–Trinajstić information content (AvgIpc) is 3.19. The first kappa shape index (κ1) is 29.5. The SMILES string of the molecule is C[C@H]([C@H](O)CCC(C)(C)OC(=O)c1ccccc1)[C@H]1CC[C@@]2(O)C3=CC(=O)[C@H]4C[C@@H](O)CC[C@]4(C)[C@H]3CC[C@]12C. The van der Waals surface area contributed by atoms with Crippen molar-refractivity contribution in [1.82, 2.24) is 0 Å². The Labute approximate surface area is 239 Å². The first-order chi connectivity index (χ1) is 18.7. The number of esters is 1. The first-order valence-corrected chi connectivity index (χ1v) is 15.3. The number of allylic oxidation sites excluding steroid dienone is 1. The van der Waals surface area contributed by atoms with E-state index >= 15 is 0 Å². The molecule has 5 rings (SSSR count). The van der Waals surface area contributed by atoms with Crippen molar-refractivity contribution >= 4 is 11.8 Å². The van der Waals surface area contributed by atoms with Gasteiger partial charge in [-0.2, -0.15) is 0 Å². The molecule has 0 aliphatic heterocycles. The van der Waals surface area contributed by atoms with Crippen LogP contribution in [0.4, 0.5) is 0 Å². The van der Waals surface area contributed by atoms with Crippen LogP contribution in [0.15, 0.2) is 42.0 Å². The van der Waals surface area contributed by atoms with Gasteiger partial charge in [0.2, 0.25) is 0 Å². The molecule has 0 aromatic heterocycles. The molecule has 0 radical (unpaired) electrons. The quantitative estimate of drug-likeness (QED) is 0.379. The molecule has 40 heavy (non-hydrogen) atoms. The third-order valence-electron chi connectivity index (χ3n) is 11.8. The van der Waals surface area contributed by atoms with Crippen LogP contribution in [0.5, 0.6) is 0 Å². The summed E-state index contributed by atoms with van der Waals surface area (Å²) in [6.07, 6.45) is 6.97.